The molecule has 1 unspecified atom stereocenters. The molecule has 0 saturated heterocycles. The number of anilines is 1. The number of carbonyl (C=O) groups is 2. The van der Waals surface area contributed by atoms with Crippen molar-refractivity contribution < 1.29 is 9.59 Å². The SMILES string of the molecule is Cc1ccnc(NC(=O)CN(C)C(=O)C(C)n2c(-c3cccs3)n[nH]c2=S)c1. The Balaban J connectivity index is 1.71. The quantitative estimate of drug-likeness (QED) is 0.602. The molecule has 0 aliphatic heterocycles. The summed E-state index contributed by atoms with van der Waals surface area (Å²) in [5.74, 6) is 0.483. The van der Waals surface area contributed by atoms with Crippen molar-refractivity contribution in [3.8, 4) is 10.7 Å². The maximum absolute atomic E-state index is 12.9. The van der Waals surface area contributed by atoms with Crippen LogP contribution in [0.4, 0.5) is 5.82 Å². The fourth-order valence-corrected chi connectivity index (χ4v) is 3.75. The Morgan fingerprint density at radius 3 is 2.89 bits per heavy atom. The average Bonchev–Trinajstić information content (AvgIpc) is 3.29. The molecule has 3 rings (SSSR count). The second kappa shape index (κ2) is 8.44. The van der Waals surface area contributed by atoms with E-state index in [9.17, 15) is 9.59 Å². The minimum atomic E-state index is -0.613. The molecule has 3 aromatic heterocycles. The number of nitrogens with zero attached hydrogens (tertiary/aromatic N) is 4. The van der Waals surface area contributed by atoms with Crippen LogP contribution < -0.4 is 5.32 Å². The first-order valence-corrected chi connectivity index (χ1v) is 9.84. The summed E-state index contributed by atoms with van der Waals surface area (Å²) < 4.78 is 2.02. The van der Waals surface area contributed by atoms with E-state index in [1.54, 1.807) is 30.8 Å². The number of pyridine rings is 1. The van der Waals surface area contributed by atoms with Crippen molar-refractivity contribution in [3.05, 3.63) is 46.2 Å². The molecule has 0 aliphatic carbocycles. The lowest BCUT2D eigenvalue weighted by Gasteiger charge is -2.22. The summed E-state index contributed by atoms with van der Waals surface area (Å²) in [4.78, 5) is 31.5. The summed E-state index contributed by atoms with van der Waals surface area (Å²) in [6, 6.07) is 6.81. The predicted octanol–water partition coefficient (Wildman–Crippen LogP) is 3.03. The van der Waals surface area contributed by atoms with Crippen molar-refractivity contribution in [2.75, 3.05) is 18.9 Å². The van der Waals surface area contributed by atoms with Gasteiger partial charge in [0.25, 0.3) is 0 Å². The molecule has 1 atom stereocenters. The summed E-state index contributed by atoms with van der Waals surface area (Å²) in [6.45, 7) is 3.55. The van der Waals surface area contributed by atoms with Gasteiger partial charge >= 0.3 is 0 Å². The van der Waals surface area contributed by atoms with Gasteiger partial charge in [-0.05, 0) is 55.2 Å². The summed E-state index contributed by atoms with van der Waals surface area (Å²) in [5.41, 5.74) is 0.985. The molecule has 2 amide bonds. The van der Waals surface area contributed by atoms with E-state index in [1.165, 1.54) is 16.2 Å². The first-order chi connectivity index (χ1) is 13.4. The fraction of sp³-hybridized carbons (Fsp3) is 0.278. The Morgan fingerprint density at radius 1 is 1.43 bits per heavy atom. The van der Waals surface area contributed by atoms with Gasteiger partial charge in [-0.2, -0.15) is 5.10 Å². The number of carbonyl (C=O) groups excluding carboxylic acids is 2. The number of thiophene rings is 1. The molecular formula is C18H20N6O2S2. The Labute approximate surface area is 171 Å². The number of aromatic nitrogens is 4. The van der Waals surface area contributed by atoms with Gasteiger partial charge in [0.1, 0.15) is 11.9 Å². The zero-order valence-corrected chi connectivity index (χ0v) is 17.3. The van der Waals surface area contributed by atoms with Crippen LogP contribution in [0.15, 0.2) is 35.8 Å². The van der Waals surface area contributed by atoms with Gasteiger partial charge in [-0.1, -0.05) is 6.07 Å². The zero-order chi connectivity index (χ0) is 20.3. The van der Waals surface area contributed by atoms with Crippen LogP contribution in [0.1, 0.15) is 18.5 Å². The number of aromatic amines is 1. The fourth-order valence-electron chi connectivity index (χ4n) is 2.75. The first-order valence-electron chi connectivity index (χ1n) is 8.55. The van der Waals surface area contributed by atoms with E-state index in [4.69, 9.17) is 12.2 Å². The maximum Gasteiger partial charge on any atom is 0.245 e. The highest BCUT2D eigenvalue weighted by atomic mass is 32.1. The number of aryl methyl sites for hydroxylation is 1. The highest BCUT2D eigenvalue weighted by Gasteiger charge is 2.25. The Morgan fingerprint density at radius 2 is 2.21 bits per heavy atom. The molecular weight excluding hydrogens is 396 g/mol. The van der Waals surface area contributed by atoms with Gasteiger partial charge in [0.05, 0.1) is 11.4 Å². The van der Waals surface area contributed by atoms with Crippen LogP contribution in [0, 0.1) is 11.7 Å². The molecule has 146 valence electrons. The van der Waals surface area contributed by atoms with Crippen molar-refractivity contribution in [2.45, 2.75) is 19.9 Å². The number of nitrogens with one attached hydrogen (secondary N) is 2. The van der Waals surface area contributed by atoms with Gasteiger partial charge in [0.15, 0.2) is 10.6 Å². The van der Waals surface area contributed by atoms with Crippen LogP contribution in [0.5, 0.6) is 0 Å². The molecule has 0 saturated carbocycles. The zero-order valence-electron chi connectivity index (χ0n) is 15.7. The van der Waals surface area contributed by atoms with Gasteiger partial charge in [0.2, 0.25) is 11.8 Å². The largest absolute Gasteiger partial charge is 0.335 e. The minimum absolute atomic E-state index is 0.0989. The number of hydrogen-bond acceptors (Lipinski definition) is 6. The van der Waals surface area contributed by atoms with Gasteiger partial charge in [-0.15, -0.1) is 11.3 Å². The molecule has 0 fully saturated rings. The molecule has 2 N–H and O–H groups in total. The number of amides is 2. The van der Waals surface area contributed by atoms with Gasteiger partial charge in [-0.3, -0.25) is 19.3 Å². The van der Waals surface area contributed by atoms with Crippen molar-refractivity contribution >= 4 is 41.2 Å². The van der Waals surface area contributed by atoms with Crippen LogP contribution in [-0.4, -0.2) is 50.1 Å². The molecule has 8 nitrogen and oxygen atoms in total. The van der Waals surface area contributed by atoms with Gasteiger partial charge < -0.3 is 10.2 Å². The smallest absolute Gasteiger partial charge is 0.245 e. The number of hydrogen-bond donors (Lipinski definition) is 2. The molecule has 0 spiro atoms. The van der Waals surface area contributed by atoms with E-state index in [-0.39, 0.29) is 18.4 Å². The third kappa shape index (κ3) is 4.34. The van der Waals surface area contributed by atoms with Crippen molar-refractivity contribution in [3.63, 3.8) is 0 Å². The van der Waals surface area contributed by atoms with Crippen LogP contribution in [0.2, 0.25) is 0 Å². The van der Waals surface area contributed by atoms with Crippen LogP contribution in [0.25, 0.3) is 10.7 Å². The van der Waals surface area contributed by atoms with E-state index < -0.39 is 6.04 Å². The molecule has 0 bridgehead atoms. The topological polar surface area (TPSA) is 95.9 Å². The third-order valence-corrected chi connectivity index (χ3v) is 5.28. The maximum atomic E-state index is 12.9. The standard InChI is InChI=1S/C18H20N6O2S2/c1-11-6-7-19-14(9-11)20-15(25)10-23(3)17(26)12(2)24-16(21-22-18(24)27)13-5-4-8-28-13/h4-9,12H,10H2,1-3H3,(H,22,27)(H,19,20,25). The Kier molecular flexibility index (Phi) is 6.00. The number of rotatable bonds is 6. The van der Waals surface area contributed by atoms with E-state index in [0.717, 1.165) is 10.4 Å². The molecule has 28 heavy (non-hydrogen) atoms. The van der Waals surface area contributed by atoms with Crippen LogP contribution in [-0.2, 0) is 9.59 Å². The lowest BCUT2D eigenvalue weighted by atomic mass is 10.2. The van der Waals surface area contributed by atoms with E-state index in [1.807, 2.05) is 30.5 Å². The van der Waals surface area contributed by atoms with Crippen molar-refractivity contribution in [2.24, 2.45) is 0 Å². The third-order valence-electron chi connectivity index (χ3n) is 4.13. The average molecular weight is 417 g/mol. The lowest BCUT2D eigenvalue weighted by Crippen LogP contribution is -2.38. The predicted molar refractivity (Wildman–Crippen MR) is 111 cm³/mol. The molecule has 3 heterocycles. The second-order valence-corrected chi connectivity index (χ2v) is 7.67. The summed E-state index contributed by atoms with van der Waals surface area (Å²) in [6.07, 6.45) is 1.62. The van der Waals surface area contributed by atoms with E-state index in [0.29, 0.717) is 16.4 Å². The van der Waals surface area contributed by atoms with Crippen molar-refractivity contribution in [1.82, 2.24) is 24.6 Å². The Hall–Kier alpha value is -2.85. The summed E-state index contributed by atoms with van der Waals surface area (Å²) in [5, 5.41) is 11.6. The monoisotopic (exact) mass is 416 g/mol. The molecule has 0 radical (unpaired) electrons. The highest BCUT2D eigenvalue weighted by molar-refractivity contribution is 7.71. The normalized spacial score (nSPS) is 11.8. The number of H-pyrrole nitrogens is 1. The van der Waals surface area contributed by atoms with Gasteiger partial charge in [-0.25, -0.2) is 4.98 Å². The summed E-state index contributed by atoms with van der Waals surface area (Å²) >= 11 is 6.82. The Bertz CT molecular complexity index is 1040. The van der Waals surface area contributed by atoms with E-state index in [2.05, 4.69) is 20.5 Å². The van der Waals surface area contributed by atoms with Crippen molar-refractivity contribution in [1.29, 1.82) is 0 Å². The molecule has 0 aliphatic rings. The molecule has 10 heteroatoms. The van der Waals surface area contributed by atoms with Crippen LogP contribution >= 0.6 is 23.6 Å². The minimum Gasteiger partial charge on any atom is -0.335 e. The number of likely N-dealkylation sites (N-methyl/N-ethyl adjacent to an activating group) is 1. The second-order valence-electron chi connectivity index (χ2n) is 6.34. The van der Waals surface area contributed by atoms with E-state index >= 15 is 0 Å². The summed E-state index contributed by atoms with van der Waals surface area (Å²) in [7, 11) is 1.58. The lowest BCUT2D eigenvalue weighted by molar-refractivity contribution is -0.135. The molecule has 0 aromatic carbocycles. The first kappa shape index (κ1) is 19.9. The van der Waals surface area contributed by atoms with Crippen LogP contribution in [0.3, 0.4) is 0 Å². The highest BCUT2D eigenvalue weighted by Crippen LogP contribution is 2.26. The van der Waals surface area contributed by atoms with Gasteiger partial charge in [0, 0.05) is 13.2 Å². The molecule has 3 aromatic rings.